The van der Waals surface area contributed by atoms with Crippen molar-refractivity contribution in [2.45, 2.75) is 69.5 Å². The number of benzene rings is 3. The Bertz CT molecular complexity index is 1530. The molecule has 0 saturated heterocycles. The number of aryl methyl sites for hydroxylation is 1. The summed E-state index contributed by atoms with van der Waals surface area (Å²) in [6.07, 6.45) is 4.99. The van der Waals surface area contributed by atoms with Crippen molar-refractivity contribution < 1.29 is 18.0 Å². The van der Waals surface area contributed by atoms with E-state index in [0.29, 0.717) is 31.9 Å². The van der Waals surface area contributed by atoms with Gasteiger partial charge < -0.3 is 10.2 Å². The van der Waals surface area contributed by atoms with Crippen molar-refractivity contribution in [2.75, 3.05) is 10.8 Å². The van der Waals surface area contributed by atoms with Gasteiger partial charge >= 0.3 is 0 Å². The molecular weight excluding hydrogens is 617 g/mol. The van der Waals surface area contributed by atoms with Crippen LogP contribution in [0.1, 0.15) is 50.2 Å². The summed E-state index contributed by atoms with van der Waals surface area (Å²) in [5.41, 5.74) is 1.54. The van der Waals surface area contributed by atoms with Crippen LogP contribution in [0.3, 0.4) is 0 Å². The van der Waals surface area contributed by atoms with Crippen molar-refractivity contribution in [3.8, 4) is 0 Å². The molecule has 1 aliphatic rings. The summed E-state index contributed by atoms with van der Waals surface area (Å²) in [6, 6.07) is 16.9. The van der Waals surface area contributed by atoms with Gasteiger partial charge in [-0.2, -0.15) is 0 Å². The molecule has 0 aliphatic heterocycles. The first kappa shape index (κ1) is 32.1. The van der Waals surface area contributed by atoms with E-state index >= 15 is 0 Å². The van der Waals surface area contributed by atoms with Crippen molar-refractivity contribution in [3.63, 3.8) is 0 Å². The van der Waals surface area contributed by atoms with Crippen LogP contribution in [0.25, 0.3) is 0 Å². The topological polar surface area (TPSA) is 86.8 Å². The zero-order valence-electron chi connectivity index (χ0n) is 23.5. The second kappa shape index (κ2) is 14.1. The molecule has 1 atom stereocenters. The van der Waals surface area contributed by atoms with Crippen molar-refractivity contribution in [3.05, 3.63) is 92.9 Å². The summed E-state index contributed by atoms with van der Waals surface area (Å²) in [7, 11) is -4.17. The first-order valence-corrected chi connectivity index (χ1v) is 16.4. The number of carbonyl (C=O) groups is 2. The van der Waals surface area contributed by atoms with E-state index in [1.54, 1.807) is 68.4 Å². The van der Waals surface area contributed by atoms with Crippen LogP contribution >= 0.6 is 34.8 Å². The van der Waals surface area contributed by atoms with Gasteiger partial charge in [0.1, 0.15) is 12.6 Å². The third-order valence-electron chi connectivity index (χ3n) is 7.49. The number of nitrogens with zero attached hydrogens (tertiary/aromatic N) is 2. The van der Waals surface area contributed by atoms with E-state index in [1.165, 1.54) is 17.0 Å². The van der Waals surface area contributed by atoms with Crippen LogP contribution in [0.4, 0.5) is 5.69 Å². The zero-order chi connectivity index (χ0) is 30.4. The SMILES string of the molecule is Cc1cc(Cl)ccc1N(CC(=O)N(Cc1ccc(Cl)c(Cl)c1)[C@H](C)C(=O)NC1CCCCC1)S(=O)(=O)c1ccccc1. The molecule has 42 heavy (non-hydrogen) atoms. The molecule has 7 nitrogen and oxygen atoms in total. The molecule has 1 aliphatic carbocycles. The Kier molecular flexibility index (Phi) is 10.8. The summed E-state index contributed by atoms with van der Waals surface area (Å²) < 4.78 is 29.0. The molecule has 1 saturated carbocycles. The van der Waals surface area contributed by atoms with E-state index < -0.39 is 28.5 Å². The fraction of sp³-hybridized carbons (Fsp3) is 0.355. The normalized spacial score (nSPS) is 14.7. The van der Waals surface area contributed by atoms with Crippen molar-refractivity contribution >= 4 is 62.3 Å². The van der Waals surface area contributed by atoms with Gasteiger partial charge in [-0.3, -0.25) is 13.9 Å². The summed E-state index contributed by atoms with van der Waals surface area (Å²) in [5, 5.41) is 4.20. The lowest BCUT2D eigenvalue weighted by molar-refractivity contribution is -0.139. The summed E-state index contributed by atoms with van der Waals surface area (Å²) in [6.45, 7) is 2.86. The fourth-order valence-electron chi connectivity index (χ4n) is 5.12. The highest BCUT2D eigenvalue weighted by Gasteiger charge is 2.33. The molecular formula is C31H34Cl3N3O4S. The van der Waals surface area contributed by atoms with Gasteiger partial charge in [0.15, 0.2) is 0 Å². The van der Waals surface area contributed by atoms with E-state index in [9.17, 15) is 18.0 Å². The van der Waals surface area contributed by atoms with E-state index in [4.69, 9.17) is 34.8 Å². The minimum Gasteiger partial charge on any atom is -0.352 e. The van der Waals surface area contributed by atoms with Crippen molar-refractivity contribution in [1.29, 1.82) is 0 Å². The highest BCUT2D eigenvalue weighted by molar-refractivity contribution is 7.92. The molecule has 0 spiro atoms. The molecule has 0 bridgehead atoms. The molecule has 11 heteroatoms. The quantitative estimate of drug-likeness (QED) is 0.256. The number of nitrogens with one attached hydrogen (secondary N) is 1. The molecule has 1 fully saturated rings. The molecule has 2 amide bonds. The highest BCUT2D eigenvalue weighted by atomic mass is 35.5. The summed E-state index contributed by atoms with van der Waals surface area (Å²) in [4.78, 5) is 29.0. The van der Waals surface area contributed by atoms with Crippen LogP contribution in [-0.2, 0) is 26.2 Å². The molecule has 1 N–H and O–H groups in total. The molecule has 0 heterocycles. The summed E-state index contributed by atoms with van der Waals surface area (Å²) >= 11 is 18.5. The van der Waals surface area contributed by atoms with Gasteiger partial charge in [0.25, 0.3) is 10.0 Å². The molecule has 0 unspecified atom stereocenters. The summed E-state index contributed by atoms with van der Waals surface area (Å²) in [5.74, 6) is -0.850. The minimum absolute atomic E-state index is 0.0216. The third kappa shape index (κ3) is 7.78. The maximum Gasteiger partial charge on any atom is 0.264 e. The maximum atomic E-state index is 14.1. The van der Waals surface area contributed by atoms with Crippen molar-refractivity contribution in [1.82, 2.24) is 10.2 Å². The number of hydrogen-bond acceptors (Lipinski definition) is 4. The largest absolute Gasteiger partial charge is 0.352 e. The van der Waals surface area contributed by atoms with Crippen LogP contribution < -0.4 is 9.62 Å². The minimum atomic E-state index is -4.17. The van der Waals surface area contributed by atoms with Gasteiger partial charge in [0, 0.05) is 17.6 Å². The van der Waals surface area contributed by atoms with Gasteiger partial charge in [-0.25, -0.2) is 8.42 Å². The Hall–Kier alpha value is -2.78. The Morgan fingerprint density at radius 2 is 1.62 bits per heavy atom. The van der Waals surface area contributed by atoms with Crippen LogP contribution in [-0.4, -0.2) is 43.8 Å². The number of hydrogen-bond donors (Lipinski definition) is 1. The number of amides is 2. The Morgan fingerprint density at radius 3 is 2.26 bits per heavy atom. The molecule has 0 aromatic heterocycles. The molecule has 4 rings (SSSR count). The van der Waals surface area contributed by atoms with Crippen LogP contribution in [0.5, 0.6) is 0 Å². The van der Waals surface area contributed by atoms with E-state index in [0.717, 1.165) is 36.4 Å². The number of sulfonamides is 1. The standard InChI is InChI=1S/C31H34Cl3N3O4S/c1-21-17-24(32)14-16-29(21)37(42(40,41)26-11-7-4-8-12-26)20-30(38)36(19-23-13-15-27(33)28(34)18-23)22(2)31(39)35-25-9-5-3-6-10-25/h4,7-8,11-18,22,25H,3,5-6,9-10,19-20H2,1-2H3,(H,35,39)/t22-/m1/s1. The lowest BCUT2D eigenvalue weighted by Gasteiger charge is -2.33. The van der Waals surface area contributed by atoms with Crippen LogP contribution in [0.2, 0.25) is 15.1 Å². The third-order valence-corrected chi connectivity index (χ3v) is 10.2. The molecule has 3 aromatic rings. The van der Waals surface area contributed by atoms with Crippen molar-refractivity contribution in [2.24, 2.45) is 0 Å². The number of anilines is 1. The first-order valence-electron chi connectivity index (χ1n) is 13.8. The Labute approximate surface area is 262 Å². The van der Waals surface area contributed by atoms with Crippen LogP contribution in [0.15, 0.2) is 71.6 Å². The molecule has 224 valence electrons. The average Bonchev–Trinajstić information content (AvgIpc) is 2.97. The first-order chi connectivity index (χ1) is 20.0. The van der Waals surface area contributed by atoms with Gasteiger partial charge in [-0.1, -0.05) is 78.3 Å². The fourth-order valence-corrected chi connectivity index (χ4v) is 7.16. The number of rotatable bonds is 10. The van der Waals surface area contributed by atoms with E-state index in [-0.39, 0.29) is 23.4 Å². The van der Waals surface area contributed by atoms with Gasteiger partial charge in [-0.15, -0.1) is 0 Å². The monoisotopic (exact) mass is 649 g/mol. The van der Waals surface area contributed by atoms with E-state index in [2.05, 4.69) is 5.32 Å². The zero-order valence-corrected chi connectivity index (χ0v) is 26.6. The predicted molar refractivity (Wildman–Crippen MR) is 169 cm³/mol. The Morgan fingerprint density at radius 1 is 0.929 bits per heavy atom. The van der Waals surface area contributed by atoms with Gasteiger partial charge in [0.2, 0.25) is 11.8 Å². The smallest absolute Gasteiger partial charge is 0.264 e. The lowest BCUT2D eigenvalue weighted by atomic mass is 9.95. The molecule has 3 aromatic carbocycles. The van der Waals surface area contributed by atoms with E-state index in [1.807, 2.05) is 0 Å². The van der Waals surface area contributed by atoms with Gasteiger partial charge in [-0.05, 0) is 80.3 Å². The highest BCUT2D eigenvalue weighted by Crippen LogP contribution is 2.30. The maximum absolute atomic E-state index is 14.1. The predicted octanol–water partition coefficient (Wildman–Crippen LogP) is 7.02. The Balaban J connectivity index is 1.70. The number of carbonyl (C=O) groups excluding carboxylic acids is 2. The second-order valence-electron chi connectivity index (χ2n) is 10.5. The van der Waals surface area contributed by atoms with Crippen LogP contribution in [0, 0.1) is 6.92 Å². The number of halogens is 3. The molecule has 0 radical (unpaired) electrons. The lowest BCUT2D eigenvalue weighted by Crippen LogP contribution is -2.53. The average molecular weight is 651 g/mol. The second-order valence-corrected chi connectivity index (χ2v) is 13.7. The van der Waals surface area contributed by atoms with Gasteiger partial charge in [0.05, 0.1) is 20.6 Å².